The number of nitro groups is 1. The van der Waals surface area contributed by atoms with Crippen molar-refractivity contribution in [2.24, 2.45) is 0 Å². The summed E-state index contributed by atoms with van der Waals surface area (Å²) in [6, 6.07) is 4.62. The molecule has 1 saturated heterocycles. The number of pyridine rings is 1. The van der Waals surface area contributed by atoms with Gasteiger partial charge >= 0.3 is 5.69 Å². The van der Waals surface area contributed by atoms with Gasteiger partial charge in [-0.1, -0.05) is 11.6 Å². The third-order valence-corrected chi connectivity index (χ3v) is 4.20. The van der Waals surface area contributed by atoms with E-state index in [4.69, 9.17) is 16.3 Å². The van der Waals surface area contributed by atoms with Gasteiger partial charge in [-0.05, 0) is 12.1 Å². The topological polar surface area (TPSA) is 68.5 Å². The summed E-state index contributed by atoms with van der Waals surface area (Å²) >= 11 is 5.85. The predicted molar refractivity (Wildman–Crippen MR) is 88.1 cm³/mol. The van der Waals surface area contributed by atoms with E-state index in [0.717, 1.165) is 18.3 Å². The lowest BCUT2D eigenvalue weighted by molar-refractivity contribution is -0.384. The molecule has 0 radical (unpaired) electrons. The zero-order valence-electron chi connectivity index (χ0n) is 13.0. The van der Waals surface area contributed by atoms with Crippen LogP contribution in [0.4, 0.5) is 20.2 Å². The summed E-state index contributed by atoms with van der Waals surface area (Å²) in [4.78, 5) is 16.2. The molecule has 1 aliphatic heterocycles. The molecule has 0 amide bonds. The summed E-state index contributed by atoms with van der Waals surface area (Å²) in [5.41, 5.74) is 0.282. The van der Waals surface area contributed by atoms with Crippen molar-refractivity contribution < 1.29 is 18.4 Å². The van der Waals surface area contributed by atoms with Crippen LogP contribution in [-0.2, 0) is 0 Å². The summed E-state index contributed by atoms with van der Waals surface area (Å²) in [5, 5.41) is 11.3. The molecule has 3 rings (SSSR count). The molecule has 132 valence electrons. The largest absolute Gasteiger partial charge is 0.487 e. The van der Waals surface area contributed by atoms with Crippen LogP contribution in [0.15, 0.2) is 30.5 Å². The van der Waals surface area contributed by atoms with E-state index in [-0.39, 0.29) is 22.7 Å². The van der Waals surface area contributed by atoms with Crippen LogP contribution in [-0.4, -0.2) is 29.1 Å². The second-order valence-corrected chi connectivity index (χ2v) is 6.02. The molecule has 2 heterocycles. The highest BCUT2D eigenvalue weighted by atomic mass is 35.5. The Balaban J connectivity index is 1.68. The predicted octanol–water partition coefficient (Wildman–Crippen LogP) is 3.97. The first-order valence-electron chi connectivity index (χ1n) is 7.60. The maximum Gasteiger partial charge on any atom is 0.310 e. The minimum absolute atomic E-state index is 0.00205. The summed E-state index contributed by atoms with van der Waals surface area (Å²) < 4.78 is 32.2. The smallest absolute Gasteiger partial charge is 0.310 e. The van der Waals surface area contributed by atoms with Gasteiger partial charge in [0.15, 0.2) is 11.6 Å². The minimum Gasteiger partial charge on any atom is -0.487 e. The lowest BCUT2D eigenvalue weighted by Crippen LogP contribution is -2.38. The monoisotopic (exact) mass is 369 g/mol. The third-order valence-electron chi connectivity index (χ3n) is 4.00. The Morgan fingerprint density at radius 2 is 2.00 bits per heavy atom. The highest BCUT2D eigenvalue weighted by Crippen LogP contribution is 2.32. The molecule has 1 fully saturated rings. The maximum atomic E-state index is 13.7. The Kier molecular flexibility index (Phi) is 4.98. The van der Waals surface area contributed by atoms with Crippen molar-refractivity contribution in [1.29, 1.82) is 0 Å². The number of rotatable bonds is 4. The average Bonchev–Trinajstić information content (AvgIpc) is 2.58. The van der Waals surface area contributed by atoms with Crippen LogP contribution in [0.5, 0.6) is 5.75 Å². The number of piperidine rings is 1. The number of halogens is 3. The molecule has 25 heavy (non-hydrogen) atoms. The van der Waals surface area contributed by atoms with Gasteiger partial charge in [0.25, 0.3) is 0 Å². The zero-order chi connectivity index (χ0) is 18.0. The van der Waals surface area contributed by atoms with E-state index < -0.39 is 16.6 Å². The Bertz CT molecular complexity index is 798. The minimum atomic E-state index is -0.751. The molecular weight excluding hydrogens is 356 g/mol. The molecule has 1 aromatic carbocycles. The number of ether oxygens (including phenoxy) is 1. The van der Waals surface area contributed by atoms with Gasteiger partial charge in [0.2, 0.25) is 0 Å². The summed E-state index contributed by atoms with van der Waals surface area (Å²) in [5.74, 6) is -1.42. The molecule has 0 atom stereocenters. The molecule has 2 aromatic rings. The highest BCUT2D eigenvalue weighted by molar-refractivity contribution is 6.29. The number of benzene rings is 1. The van der Waals surface area contributed by atoms with Crippen LogP contribution < -0.4 is 9.64 Å². The first kappa shape index (κ1) is 17.3. The second-order valence-electron chi connectivity index (χ2n) is 5.63. The number of anilines is 1. The number of hydrogen-bond acceptors (Lipinski definition) is 5. The molecule has 6 nitrogen and oxygen atoms in total. The van der Waals surface area contributed by atoms with Gasteiger partial charge in [-0.3, -0.25) is 10.1 Å². The summed E-state index contributed by atoms with van der Waals surface area (Å²) in [7, 11) is 0. The zero-order valence-corrected chi connectivity index (χ0v) is 13.7. The Labute approximate surface area is 147 Å². The average molecular weight is 370 g/mol. The number of aromatic nitrogens is 1. The molecule has 0 aliphatic carbocycles. The van der Waals surface area contributed by atoms with Crippen LogP contribution >= 0.6 is 11.6 Å². The fourth-order valence-electron chi connectivity index (χ4n) is 2.77. The Morgan fingerprint density at radius 1 is 1.28 bits per heavy atom. The molecule has 0 N–H and O–H groups in total. The van der Waals surface area contributed by atoms with Gasteiger partial charge in [0.05, 0.1) is 4.92 Å². The van der Waals surface area contributed by atoms with Crippen LogP contribution in [0.25, 0.3) is 0 Å². The SMILES string of the molecule is O=[N+]([O-])c1cnc(Cl)cc1N1CCC(Oc2ccc(F)cc2F)CC1. The van der Waals surface area contributed by atoms with E-state index in [1.54, 1.807) is 0 Å². The van der Waals surface area contributed by atoms with Crippen molar-refractivity contribution in [3.05, 3.63) is 57.4 Å². The van der Waals surface area contributed by atoms with E-state index in [0.29, 0.717) is 31.6 Å². The van der Waals surface area contributed by atoms with Gasteiger partial charge < -0.3 is 9.64 Å². The quantitative estimate of drug-likeness (QED) is 0.463. The van der Waals surface area contributed by atoms with Crippen molar-refractivity contribution in [2.45, 2.75) is 18.9 Å². The van der Waals surface area contributed by atoms with Crippen LogP contribution in [0.3, 0.4) is 0 Å². The second kappa shape index (κ2) is 7.18. The molecule has 0 saturated carbocycles. The Hall–Kier alpha value is -2.48. The highest BCUT2D eigenvalue weighted by Gasteiger charge is 2.27. The molecule has 1 aromatic heterocycles. The molecule has 9 heteroatoms. The lowest BCUT2D eigenvalue weighted by atomic mass is 10.1. The van der Waals surface area contributed by atoms with Gasteiger partial charge in [-0.2, -0.15) is 0 Å². The normalized spacial score (nSPS) is 15.2. The van der Waals surface area contributed by atoms with E-state index in [1.807, 2.05) is 4.90 Å². The first-order chi connectivity index (χ1) is 11.9. The van der Waals surface area contributed by atoms with Crippen LogP contribution in [0.1, 0.15) is 12.8 Å². The standard InChI is InChI=1S/C16H14ClF2N3O3/c17-16-8-13(14(9-20-16)22(23)24)21-5-3-11(4-6-21)25-15-2-1-10(18)7-12(15)19/h1-2,7-9,11H,3-6H2. The third kappa shape index (κ3) is 3.96. The van der Waals surface area contributed by atoms with Gasteiger partial charge in [-0.15, -0.1) is 0 Å². The first-order valence-corrected chi connectivity index (χ1v) is 7.98. The van der Waals surface area contributed by atoms with Crippen molar-refractivity contribution in [2.75, 3.05) is 18.0 Å². The maximum absolute atomic E-state index is 13.7. The molecule has 0 spiro atoms. The molecule has 0 bridgehead atoms. The fraction of sp³-hybridized carbons (Fsp3) is 0.312. The van der Waals surface area contributed by atoms with E-state index in [9.17, 15) is 18.9 Å². The molecule has 0 unspecified atom stereocenters. The summed E-state index contributed by atoms with van der Waals surface area (Å²) in [6.07, 6.45) is 1.95. The van der Waals surface area contributed by atoms with Crippen molar-refractivity contribution in [1.82, 2.24) is 4.98 Å². The van der Waals surface area contributed by atoms with Gasteiger partial charge in [0.1, 0.15) is 29.0 Å². The molecular formula is C16H14ClF2N3O3. The molecule has 1 aliphatic rings. The number of hydrogen-bond donors (Lipinski definition) is 0. The van der Waals surface area contributed by atoms with Crippen molar-refractivity contribution in [3.8, 4) is 5.75 Å². The Morgan fingerprint density at radius 3 is 2.64 bits per heavy atom. The van der Waals surface area contributed by atoms with Crippen LogP contribution in [0, 0.1) is 21.7 Å². The van der Waals surface area contributed by atoms with Gasteiger partial charge in [0, 0.05) is 38.1 Å². The van der Waals surface area contributed by atoms with E-state index >= 15 is 0 Å². The fourth-order valence-corrected chi connectivity index (χ4v) is 2.92. The van der Waals surface area contributed by atoms with E-state index in [1.165, 1.54) is 12.1 Å². The summed E-state index contributed by atoms with van der Waals surface area (Å²) in [6.45, 7) is 0.962. The number of nitrogens with zero attached hydrogens (tertiary/aromatic N) is 3. The van der Waals surface area contributed by atoms with Crippen LogP contribution in [0.2, 0.25) is 5.15 Å². The van der Waals surface area contributed by atoms with E-state index in [2.05, 4.69) is 4.98 Å². The van der Waals surface area contributed by atoms with Crippen molar-refractivity contribution in [3.63, 3.8) is 0 Å². The van der Waals surface area contributed by atoms with Crippen molar-refractivity contribution >= 4 is 23.0 Å². The van der Waals surface area contributed by atoms with Gasteiger partial charge in [-0.25, -0.2) is 13.8 Å². The lowest BCUT2D eigenvalue weighted by Gasteiger charge is -2.33.